The summed E-state index contributed by atoms with van der Waals surface area (Å²) in [5, 5.41) is 10.2. The van der Waals surface area contributed by atoms with Crippen molar-refractivity contribution in [1.29, 1.82) is 0 Å². The lowest BCUT2D eigenvalue weighted by Gasteiger charge is -2.15. The highest BCUT2D eigenvalue weighted by Gasteiger charge is 2.13. The molecule has 19 heavy (non-hydrogen) atoms. The molecule has 0 aromatic heterocycles. The number of hydrogen-bond donors (Lipinski definition) is 1. The third kappa shape index (κ3) is 3.76. The highest BCUT2D eigenvalue weighted by atomic mass is 16.3. The van der Waals surface area contributed by atoms with E-state index in [1.54, 1.807) is 0 Å². The highest BCUT2D eigenvalue weighted by molar-refractivity contribution is 5.79. The molecule has 2 aromatic carbocycles. The lowest BCUT2D eigenvalue weighted by Crippen LogP contribution is -2.12. The van der Waals surface area contributed by atoms with Crippen LogP contribution in [0.25, 0.3) is 0 Å². The van der Waals surface area contributed by atoms with Crippen molar-refractivity contribution in [2.75, 3.05) is 0 Å². The fourth-order valence-electron chi connectivity index (χ4n) is 1.87. The molecule has 0 amide bonds. The van der Waals surface area contributed by atoms with Crippen molar-refractivity contribution in [1.82, 2.24) is 0 Å². The van der Waals surface area contributed by atoms with Crippen LogP contribution in [0.15, 0.2) is 59.6 Å². The molecule has 2 aromatic rings. The maximum atomic E-state index is 10.2. The molecule has 0 radical (unpaired) electrons. The van der Waals surface area contributed by atoms with E-state index in [0.717, 1.165) is 11.1 Å². The summed E-state index contributed by atoms with van der Waals surface area (Å²) in [6.07, 6.45) is 1.25. The van der Waals surface area contributed by atoms with Crippen molar-refractivity contribution in [2.45, 2.75) is 26.0 Å². The van der Waals surface area contributed by atoms with Gasteiger partial charge in [0.1, 0.15) is 6.10 Å². The molecule has 98 valence electrons. The highest BCUT2D eigenvalue weighted by Crippen LogP contribution is 2.18. The molecular weight excluding hydrogens is 234 g/mol. The largest absolute Gasteiger partial charge is 0.386 e. The van der Waals surface area contributed by atoms with Crippen LogP contribution in [-0.4, -0.2) is 17.4 Å². The molecule has 0 fully saturated rings. The van der Waals surface area contributed by atoms with Gasteiger partial charge in [0, 0.05) is 6.21 Å². The first-order chi connectivity index (χ1) is 9.16. The molecule has 0 spiro atoms. The minimum atomic E-state index is -0.567. The minimum Gasteiger partial charge on any atom is -0.386 e. The van der Waals surface area contributed by atoms with E-state index in [4.69, 9.17) is 0 Å². The summed E-state index contributed by atoms with van der Waals surface area (Å²) in [4.78, 5) is 4.43. The summed E-state index contributed by atoms with van der Waals surface area (Å²) in [6, 6.07) is 17.6. The van der Waals surface area contributed by atoms with E-state index in [2.05, 4.69) is 24.0 Å². The molecule has 0 aliphatic heterocycles. The molecule has 0 heterocycles. The van der Waals surface area contributed by atoms with E-state index in [1.165, 1.54) is 5.56 Å². The zero-order valence-corrected chi connectivity index (χ0v) is 11.3. The van der Waals surface area contributed by atoms with Gasteiger partial charge in [-0.05, 0) is 25.0 Å². The second-order valence-electron chi connectivity index (χ2n) is 4.78. The summed E-state index contributed by atoms with van der Waals surface area (Å²) in [7, 11) is 0. The van der Waals surface area contributed by atoms with Crippen molar-refractivity contribution in [2.24, 2.45) is 4.99 Å². The van der Waals surface area contributed by atoms with Crippen molar-refractivity contribution >= 4 is 6.21 Å². The van der Waals surface area contributed by atoms with E-state index >= 15 is 0 Å². The topological polar surface area (TPSA) is 32.6 Å². The Kier molecular flexibility index (Phi) is 4.48. The number of hydrogen-bond acceptors (Lipinski definition) is 2. The molecule has 0 bridgehead atoms. The van der Waals surface area contributed by atoms with Crippen molar-refractivity contribution in [3.63, 3.8) is 0 Å². The number of aliphatic hydroxyl groups is 1. The van der Waals surface area contributed by atoms with Crippen LogP contribution in [0.1, 0.15) is 29.7 Å². The van der Waals surface area contributed by atoms with Crippen LogP contribution in [0, 0.1) is 6.92 Å². The van der Waals surface area contributed by atoms with E-state index in [-0.39, 0.29) is 6.04 Å². The fourth-order valence-corrected chi connectivity index (χ4v) is 1.87. The van der Waals surface area contributed by atoms with Gasteiger partial charge in [0.15, 0.2) is 0 Å². The molecule has 2 atom stereocenters. The van der Waals surface area contributed by atoms with Gasteiger partial charge in [-0.25, -0.2) is 0 Å². The number of aliphatic hydroxyl groups excluding tert-OH is 1. The van der Waals surface area contributed by atoms with Crippen LogP contribution in [-0.2, 0) is 0 Å². The molecule has 2 rings (SSSR count). The standard InChI is InChI=1S/C17H19NO/c1-13-8-10-15(11-9-13)12-18-14(2)17(19)16-6-4-3-5-7-16/h3-12,14,17,19H,1-2H3/t14-,17-/m0/s1. The molecule has 2 heteroatoms. The van der Waals surface area contributed by atoms with Crippen LogP contribution in [0.2, 0.25) is 0 Å². The molecule has 0 saturated heterocycles. The Bertz CT molecular complexity index is 531. The van der Waals surface area contributed by atoms with Crippen molar-refractivity contribution in [3.05, 3.63) is 71.3 Å². The second kappa shape index (κ2) is 6.30. The first-order valence-corrected chi connectivity index (χ1v) is 6.49. The van der Waals surface area contributed by atoms with Crippen LogP contribution < -0.4 is 0 Å². The van der Waals surface area contributed by atoms with Gasteiger partial charge >= 0.3 is 0 Å². The Morgan fingerprint density at radius 2 is 1.63 bits per heavy atom. The SMILES string of the molecule is Cc1ccc(C=N[C@@H](C)[C@H](O)c2ccccc2)cc1. The average molecular weight is 253 g/mol. The summed E-state index contributed by atoms with van der Waals surface area (Å²) in [5.41, 5.74) is 3.18. The molecule has 0 aliphatic carbocycles. The third-order valence-corrected chi connectivity index (χ3v) is 3.13. The quantitative estimate of drug-likeness (QED) is 0.831. The lowest BCUT2D eigenvalue weighted by molar-refractivity contribution is 0.154. The van der Waals surface area contributed by atoms with Gasteiger partial charge in [-0.15, -0.1) is 0 Å². The first kappa shape index (κ1) is 13.5. The molecule has 2 nitrogen and oxygen atoms in total. The normalized spacial score (nSPS) is 14.5. The van der Waals surface area contributed by atoms with Gasteiger partial charge < -0.3 is 5.11 Å². The minimum absolute atomic E-state index is 0.163. The van der Waals surface area contributed by atoms with Gasteiger partial charge in [0.2, 0.25) is 0 Å². The second-order valence-corrected chi connectivity index (χ2v) is 4.78. The summed E-state index contributed by atoms with van der Waals surface area (Å²) in [5.74, 6) is 0. The Morgan fingerprint density at radius 3 is 2.26 bits per heavy atom. The zero-order chi connectivity index (χ0) is 13.7. The molecule has 0 saturated carbocycles. The average Bonchev–Trinajstić information content (AvgIpc) is 2.46. The predicted octanol–water partition coefficient (Wildman–Crippen LogP) is 3.54. The van der Waals surface area contributed by atoms with E-state index in [9.17, 15) is 5.11 Å². The van der Waals surface area contributed by atoms with Crippen molar-refractivity contribution < 1.29 is 5.11 Å². The van der Waals surface area contributed by atoms with Gasteiger partial charge in [-0.2, -0.15) is 0 Å². The maximum Gasteiger partial charge on any atom is 0.101 e. The Balaban J connectivity index is 2.04. The Labute approximate surface area is 114 Å². The third-order valence-electron chi connectivity index (χ3n) is 3.13. The molecule has 0 unspecified atom stereocenters. The number of aliphatic imine (C=N–C) groups is 1. The van der Waals surface area contributed by atoms with Crippen molar-refractivity contribution in [3.8, 4) is 0 Å². The predicted molar refractivity (Wildman–Crippen MR) is 79.6 cm³/mol. The number of aryl methyl sites for hydroxylation is 1. The monoisotopic (exact) mass is 253 g/mol. The van der Waals surface area contributed by atoms with E-state index < -0.39 is 6.10 Å². The smallest absolute Gasteiger partial charge is 0.101 e. The summed E-state index contributed by atoms with van der Waals surface area (Å²) in [6.45, 7) is 3.98. The number of benzene rings is 2. The fraction of sp³-hybridized carbons (Fsp3) is 0.235. The van der Waals surface area contributed by atoms with E-state index in [1.807, 2.05) is 55.6 Å². The van der Waals surface area contributed by atoms with Crippen LogP contribution in [0.5, 0.6) is 0 Å². The van der Waals surface area contributed by atoms with Crippen LogP contribution in [0.3, 0.4) is 0 Å². The molecule has 1 N–H and O–H groups in total. The van der Waals surface area contributed by atoms with Gasteiger partial charge in [-0.1, -0.05) is 60.2 Å². The van der Waals surface area contributed by atoms with Crippen LogP contribution >= 0.6 is 0 Å². The number of rotatable bonds is 4. The summed E-state index contributed by atoms with van der Waals surface area (Å²) >= 11 is 0. The van der Waals surface area contributed by atoms with Gasteiger partial charge in [0.25, 0.3) is 0 Å². The van der Waals surface area contributed by atoms with E-state index in [0.29, 0.717) is 0 Å². The first-order valence-electron chi connectivity index (χ1n) is 6.49. The lowest BCUT2D eigenvalue weighted by atomic mass is 10.0. The number of nitrogens with zero attached hydrogens (tertiary/aromatic N) is 1. The summed E-state index contributed by atoms with van der Waals surface area (Å²) < 4.78 is 0. The Hall–Kier alpha value is -1.93. The zero-order valence-electron chi connectivity index (χ0n) is 11.3. The van der Waals surface area contributed by atoms with Gasteiger partial charge in [0.05, 0.1) is 6.04 Å². The van der Waals surface area contributed by atoms with Crippen LogP contribution in [0.4, 0.5) is 0 Å². The Morgan fingerprint density at radius 1 is 1.00 bits per heavy atom. The maximum absolute atomic E-state index is 10.2. The van der Waals surface area contributed by atoms with Gasteiger partial charge in [-0.3, -0.25) is 4.99 Å². The molecular formula is C17H19NO. The molecule has 0 aliphatic rings.